The molecular weight excluding hydrogens is 258 g/mol. The van der Waals surface area contributed by atoms with Crippen LogP contribution in [0.15, 0.2) is 12.4 Å². The quantitative estimate of drug-likeness (QED) is 0.811. The zero-order chi connectivity index (χ0) is 14.1. The number of hydrogen-bond donors (Lipinski definition) is 2. The molecule has 1 amide bonds. The van der Waals surface area contributed by atoms with Crippen molar-refractivity contribution in [2.45, 2.75) is 18.8 Å². The van der Waals surface area contributed by atoms with Gasteiger partial charge in [-0.1, -0.05) is 0 Å². The smallest absolute Gasteiger partial charge is 0.271 e. The first-order valence-electron chi connectivity index (χ1n) is 6.59. The molecule has 8 nitrogen and oxygen atoms in total. The average molecular weight is 275 g/mol. The van der Waals surface area contributed by atoms with E-state index in [2.05, 4.69) is 20.4 Å². The van der Waals surface area contributed by atoms with Crippen molar-refractivity contribution >= 4 is 11.7 Å². The maximum Gasteiger partial charge on any atom is 0.271 e. The molecule has 0 spiro atoms. The Hall–Kier alpha value is -2.38. The Kier molecular flexibility index (Phi) is 3.13. The van der Waals surface area contributed by atoms with E-state index in [4.69, 9.17) is 5.73 Å². The molecule has 1 aliphatic rings. The molecule has 0 saturated carbocycles. The van der Waals surface area contributed by atoms with Gasteiger partial charge in [-0.3, -0.25) is 9.89 Å². The van der Waals surface area contributed by atoms with Crippen molar-refractivity contribution in [3.8, 4) is 0 Å². The van der Waals surface area contributed by atoms with Crippen molar-refractivity contribution in [2.75, 3.05) is 18.8 Å². The van der Waals surface area contributed by atoms with E-state index in [-0.39, 0.29) is 11.8 Å². The summed E-state index contributed by atoms with van der Waals surface area (Å²) in [6.07, 6.45) is 3.65. The van der Waals surface area contributed by atoms with E-state index in [1.54, 1.807) is 12.4 Å². The lowest BCUT2D eigenvalue weighted by Crippen LogP contribution is -2.39. The molecule has 1 unspecified atom stereocenters. The number of aromatic amines is 1. The number of carbonyl (C=O) groups is 1. The summed E-state index contributed by atoms with van der Waals surface area (Å²) in [5, 5.41) is 14.5. The van der Waals surface area contributed by atoms with Gasteiger partial charge in [0.2, 0.25) is 0 Å². The number of amides is 1. The molecule has 3 heterocycles. The monoisotopic (exact) mass is 275 g/mol. The fourth-order valence-corrected chi connectivity index (χ4v) is 2.65. The van der Waals surface area contributed by atoms with Gasteiger partial charge in [0.15, 0.2) is 0 Å². The van der Waals surface area contributed by atoms with Crippen LogP contribution in [0.2, 0.25) is 0 Å². The molecule has 8 heteroatoms. The van der Waals surface area contributed by atoms with Crippen molar-refractivity contribution < 1.29 is 4.79 Å². The molecule has 2 aromatic heterocycles. The summed E-state index contributed by atoms with van der Waals surface area (Å²) >= 11 is 0. The van der Waals surface area contributed by atoms with Crippen LogP contribution in [0, 0.1) is 0 Å². The van der Waals surface area contributed by atoms with Gasteiger partial charge in [0, 0.05) is 32.1 Å². The van der Waals surface area contributed by atoms with Gasteiger partial charge >= 0.3 is 0 Å². The first-order valence-corrected chi connectivity index (χ1v) is 6.59. The number of nitrogens with two attached hydrogens (primary N) is 1. The van der Waals surface area contributed by atoms with Crippen LogP contribution in [-0.2, 0) is 7.05 Å². The number of aryl methyl sites for hydroxylation is 1. The first-order chi connectivity index (χ1) is 9.65. The van der Waals surface area contributed by atoms with Crippen molar-refractivity contribution in [3.63, 3.8) is 0 Å². The third kappa shape index (κ3) is 2.24. The third-order valence-electron chi connectivity index (χ3n) is 3.65. The van der Waals surface area contributed by atoms with Crippen molar-refractivity contribution in [1.29, 1.82) is 0 Å². The van der Waals surface area contributed by atoms with Crippen molar-refractivity contribution in [2.24, 2.45) is 7.05 Å². The number of rotatable bonds is 2. The van der Waals surface area contributed by atoms with Crippen LogP contribution in [0.4, 0.5) is 5.82 Å². The van der Waals surface area contributed by atoms with Gasteiger partial charge in [0.05, 0.1) is 0 Å². The van der Waals surface area contributed by atoms with Crippen molar-refractivity contribution in [1.82, 2.24) is 29.9 Å². The van der Waals surface area contributed by atoms with E-state index >= 15 is 0 Å². The number of likely N-dealkylation sites (tertiary alicyclic amines) is 1. The second kappa shape index (κ2) is 4.95. The maximum atomic E-state index is 12.4. The van der Waals surface area contributed by atoms with Crippen LogP contribution in [0.25, 0.3) is 0 Å². The number of H-pyrrole nitrogens is 1. The molecule has 0 radical (unpaired) electrons. The maximum absolute atomic E-state index is 12.4. The van der Waals surface area contributed by atoms with E-state index in [1.165, 1.54) is 0 Å². The Morgan fingerprint density at radius 2 is 2.40 bits per heavy atom. The lowest BCUT2D eigenvalue weighted by Gasteiger charge is -2.31. The zero-order valence-corrected chi connectivity index (χ0v) is 11.3. The average Bonchev–Trinajstić information content (AvgIpc) is 3.07. The van der Waals surface area contributed by atoms with Crippen LogP contribution in [0.3, 0.4) is 0 Å². The SMILES string of the molecule is Cn1cnnc1C1CCCN(C(=O)c2cc(N)n[nH]2)C1. The summed E-state index contributed by atoms with van der Waals surface area (Å²) in [4.78, 5) is 14.2. The number of nitrogen functional groups attached to an aromatic ring is 1. The lowest BCUT2D eigenvalue weighted by atomic mass is 9.97. The fraction of sp³-hybridized carbons (Fsp3) is 0.500. The van der Waals surface area contributed by atoms with Gasteiger partial charge in [0.1, 0.15) is 23.7 Å². The summed E-state index contributed by atoms with van der Waals surface area (Å²) in [6.45, 7) is 1.39. The summed E-state index contributed by atoms with van der Waals surface area (Å²) in [5.41, 5.74) is 5.97. The van der Waals surface area contributed by atoms with E-state index in [1.807, 2.05) is 16.5 Å². The minimum atomic E-state index is -0.0685. The van der Waals surface area contributed by atoms with Gasteiger partial charge in [-0.2, -0.15) is 5.10 Å². The van der Waals surface area contributed by atoms with Gasteiger partial charge in [0.25, 0.3) is 5.91 Å². The van der Waals surface area contributed by atoms with E-state index in [0.29, 0.717) is 18.1 Å². The number of hydrogen-bond acceptors (Lipinski definition) is 5. The largest absolute Gasteiger partial charge is 0.382 e. The second-order valence-electron chi connectivity index (χ2n) is 5.10. The van der Waals surface area contributed by atoms with Crippen LogP contribution in [0.5, 0.6) is 0 Å². The number of aromatic nitrogens is 5. The third-order valence-corrected chi connectivity index (χ3v) is 3.65. The minimum absolute atomic E-state index is 0.0685. The molecule has 1 saturated heterocycles. The molecule has 3 N–H and O–H groups in total. The topological polar surface area (TPSA) is 106 Å². The number of nitrogens with zero attached hydrogens (tertiary/aromatic N) is 5. The van der Waals surface area contributed by atoms with Gasteiger partial charge in [-0.15, -0.1) is 10.2 Å². The van der Waals surface area contributed by atoms with E-state index in [9.17, 15) is 4.79 Å². The molecule has 3 rings (SSSR count). The molecule has 1 fully saturated rings. The minimum Gasteiger partial charge on any atom is -0.382 e. The van der Waals surface area contributed by atoms with Crippen LogP contribution < -0.4 is 5.73 Å². The Morgan fingerprint density at radius 1 is 1.55 bits per heavy atom. The molecule has 0 bridgehead atoms. The number of anilines is 1. The second-order valence-corrected chi connectivity index (χ2v) is 5.10. The Morgan fingerprint density at radius 3 is 3.05 bits per heavy atom. The lowest BCUT2D eigenvalue weighted by molar-refractivity contribution is 0.0697. The highest BCUT2D eigenvalue weighted by atomic mass is 16.2. The van der Waals surface area contributed by atoms with Crippen LogP contribution in [0.1, 0.15) is 35.1 Å². The molecule has 2 aromatic rings. The molecule has 0 aromatic carbocycles. The zero-order valence-electron chi connectivity index (χ0n) is 11.3. The molecular formula is C12H17N7O. The normalized spacial score (nSPS) is 19.2. The summed E-state index contributed by atoms with van der Waals surface area (Å²) < 4.78 is 1.91. The highest BCUT2D eigenvalue weighted by Gasteiger charge is 2.28. The standard InChI is InChI=1S/C12H17N7O/c1-18-7-14-17-11(18)8-3-2-4-19(6-8)12(20)9-5-10(13)16-15-9/h5,7-8H,2-4,6H2,1H3,(H3,13,15,16). The number of nitrogens with one attached hydrogen (secondary N) is 1. The molecule has 0 aliphatic carbocycles. The number of carbonyl (C=O) groups excluding carboxylic acids is 1. The summed E-state index contributed by atoms with van der Waals surface area (Å²) in [6, 6.07) is 1.56. The molecule has 1 atom stereocenters. The van der Waals surface area contributed by atoms with Crippen LogP contribution in [-0.4, -0.2) is 48.9 Å². The Balaban J connectivity index is 1.75. The van der Waals surface area contributed by atoms with E-state index < -0.39 is 0 Å². The summed E-state index contributed by atoms with van der Waals surface area (Å²) in [5.74, 6) is 1.41. The highest BCUT2D eigenvalue weighted by Crippen LogP contribution is 2.25. The molecule has 106 valence electrons. The highest BCUT2D eigenvalue weighted by molar-refractivity contribution is 5.93. The van der Waals surface area contributed by atoms with Crippen molar-refractivity contribution in [3.05, 3.63) is 23.9 Å². The first kappa shape index (κ1) is 12.6. The summed E-state index contributed by atoms with van der Waals surface area (Å²) in [7, 11) is 1.92. The van der Waals surface area contributed by atoms with E-state index in [0.717, 1.165) is 25.2 Å². The Labute approximate surface area is 116 Å². The molecule has 1 aliphatic heterocycles. The van der Waals surface area contributed by atoms with Gasteiger partial charge in [-0.25, -0.2) is 0 Å². The van der Waals surface area contributed by atoms with Gasteiger partial charge in [-0.05, 0) is 12.8 Å². The van der Waals surface area contributed by atoms with Gasteiger partial charge < -0.3 is 15.2 Å². The number of piperidine rings is 1. The Bertz CT molecular complexity index is 617. The predicted molar refractivity (Wildman–Crippen MR) is 71.9 cm³/mol. The van der Waals surface area contributed by atoms with Crippen LogP contribution >= 0.6 is 0 Å². The predicted octanol–water partition coefficient (Wildman–Crippen LogP) is 0.140. The fourth-order valence-electron chi connectivity index (χ4n) is 2.65. The molecule has 20 heavy (non-hydrogen) atoms.